The number of nitrogens with zero attached hydrogens (tertiary/aromatic N) is 2. The van der Waals surface area contributed by atoms with Crippen LogP contribution in [0.1, 0.15) is 24.3 Å². The lowest BCUT2D eigenvalue weighted by molar-refractivity contribution is -0.147. The number of hydrogen-bond donors (Lipinski definition) is 3. The molecule has 1 amide bonds. The average Bonchev–Trinajstić information content (AvgIpc) is 2.45. The van der Waals surface area contributed by atoms with E-state index in [0.29, 0.717) is 0 Å². The molecule has 0 saturated carbocycles. The van der Waals surface area contributed by atoms with Crippen LogP contribution in [0.25, 0.3) is 0 Å². The summed E-state index contributed by atoms with van der Waals surface area (Å²) in [4.78, 5) is 21.8. The molecule has 1 aromatic heterocycles. The number of nitrogens with two attached hydrogens (primary N) is 2. The topological polar surface area (TPSA) is 124 Å². The fourth-order valence-electron chi connectivity index (χ4n) is 1.18. The van der Waals surface area contributed by atoms with Crippen molar-refractivity contribution in [3.8, 4) is 0 Å². The van der Waals surface area contributed by atoms with Crippen molar-refractivity contribution in [2.75, 3.05) is 5.73 Å². The molecule has 1 heterocycles. The van der Waals surface area contributed by atoms with Crippen molar-refractivity contribution in [3.63, 3.8) is 0 Å². The van der Waals surface area contributed by atoms with E-state index < -0.39 is 17.3 Å². The Morgan fingerprint density at radius 1 is 1.56 bits per heavy atom. The van der Waals surface area contributed by atoms with E-state index in [2.05, 4.69) is 5.10 Å². The van der Waals surface area contributed by atoms with E-state index in [0.717, 1.165) is 0 Å². The normalized spacial score (nSPS) is 11.4. The van der Waals surface area contributed by atoms with Gasteiger partial charge in [0, 0.05) is 6.20 Å². The maximum Gasteiger partial charge on any atom is 0.310 e. The molecule has 0 aliphatic carbocycles. The number of carbonyl (C=O) groups excluding carboxylic acids is 1. The van der Waals surface area contributed by atoms with E-state index in [4.69, 9.17) is 16.6 Å². The Kier molecular flexibility index (Phi) is 2.88. The zero-order chi connectivity index (χ0) is 12.5. The molecule has 7 heteroatoms. The Morgan fingerprint density at radius 3 is 2.50 bits per heavy atom. The Bertz CT molecular complexity index is 436. The third kappa shape index (κ3) is 2.30. The van der Waals surface area contributed by atoms with Crippen LogP contribution in [0.2, 0.25) is 0 Å². The number of carbonyl (C=O) groups is 2. The van der Waals surface area contributed by atoms with Gasteiger partial charge < -0.3 is 16.6 Å². The fourth-order valence-corrected chi connectivity index (χ4v) is 1.18. The van der Waals surface area contributed by atoms with Gasteiger partial charge in [-0.25, -0.2) is 0 Å². The minimum atomic E-state index is -0.993. The van der Waals surface area contributed by atoms with Crippen molar-refractivity contribution < 1.29 is 14.7 Å². The van der Waals surface area contributed by atoms with Crippen molar-refractivity contribution in [2.45, 2.75) is 20.4 Å². The Morgan fingerprint density at radius 2 is 2.12 bits per heavy atom. The Labute approximate surface area is 92.0 Å². The highest BCUT2D eigenvalue weighted by Crippen LogP contribution is 2.19. The van der Waals surface area contributed by atoms with Crippen LogP contribution in [0.5, 0.6) is 0 Å². The van der Waals surface area contributed by atoms with Gasteiger partial charge in [-0.3, -0.25) is 14.3 Å². The smallest absolute Gasteiger partial charge is 0.310 e. The molecule has 16 heavy (non-hydrogen) atoms. The van der Waals surface area contributed by atoms with Crippen molar-refractivity contribution in [3.05, 3.63) is 11.9 Å². The Balaban J connectivity index is 2.96. The molecular weight excluding hydrogens is 212 g/mol. The molecular formula is C9H14N4O3. The molecule has 0 aliphatic heterocycles. The summed E-state index contributed by atoms with van der Waals surface area (Å²) in [5, 5.41) is 12.8. The summed E-state index contributed by atoms with van der Waals surface area (Å²) in [6.45, 7) is 3.22. The summed E-state index contributed by atoms with van der Waals surface area (Å²) < 4.78 is 1.31. The zero-order valence-electron chi connectivity index (χ0n) is 9.10. The predicted molar refractivity (Wildman–Crippen MR) is 56.6 cm³/mol. The van der Waals surface area contributed by atoms with Crippen molar-refractivity contribution in [1.29, 1.82) is 0 Å². The molecule has 5 N–H and O–H groups in total. The molecule has 0 fully saturated rings. The second-order valence-corrected chi connectivity index (χ2v) is 4.18. The average molecular weight is 226 g/mol. The quantitative estimate of drug-likeness (QED) is 0.648. The van der Waals surface area contributed by atoms with E-state index in [1.165, 1.54) is 10.9 Å². The monoisotopic (exact) mass is 226 g/mol. The summed E-state index contributed by atoms with van der Waals surface area (Å²) in [5.74, 6) is -1.69. The van der Waals surface area contributed by atoms with Gasteiger partial charge in [0.1, 0.15) is 0 Å². The van der Waals surface area contributed by atoms with Gasteiger partial charge in [-0.15, -0.1) is 0 Å². The van der Waals surface area contributed by atoms with Crippen LogP contribution >= 0.6 is 0 Å². The summed E-state index contributed by atoms with van der Waals surface area (Å²) in [5.41, 5.74) is 9.66. The van der Waals surface area contributed by atoms with Crippen LogP contribution < -0.4 is 11.5 Å². The van der Waals surface area contributed by atoms with Crippen LogP contribution in [-0.2, 0) is 11.3 Å². The van der Waals surface area contributed by atoms with Crippen molar-refractivity contribution in [2.24, 2.45) is 11.1 Å². The van der Waals surface area contributed by atoms with Crippen LogP contribution in [0.4, 0.5) is 5.69 Å². The van der Waals surface area contributed by atoms with E-state index >= 15 is 0 Å². The first-order chi connectivity index (χ1) is 7.24. The van der Waals surface area contributed by atoms with Gasteiger partial charge in [0.25, 0.3) is 5.91 Å². The highest BCUT2D eigenvalue weighted by atomic mass is 16.4. The highest BCUT2D eigenvalue weighted by molar-refractivity contribution is 5.95. The number of hydrogen-bond acceptors (Lipinski definition) is 4. The third-order valence-corrected chi connectivity index (χ3v) is 2.16. The minimum Gasteiger partial charge on any atom is -0.481 e. The first kappa shape index (κ1) is 12.0. The lowest BCUT2D eigenvalue weighted by Gasteiger charge is -2.18. The summed E-state index contributed by atoms with van der Waals surface area (Å²) in [7, 11) is 0. The molecule has 7 nitrogen and oxygen atoms in total. The molecule has 1 aromatic rings. The molecule has 0 unspecified atom stereocenters. The molecule has 1 rings (SSSR count). The first-order valence-corrected chi connectivity index (χ1v) is 4.60. The van der Waals surface area contributed by atoms with Crippen LogP contribution in [-0.4, -0.2) is 26.8 Å². The van der Waals surface area contributed by atoms with Crippen molar-refractivity contribution in [1.82, 2.24) is 9.78 Å². The van der Waals surface area contributed by atoms with E-state index in [9.17, 15) is 9.59 Å². The number of amides is 1. The SMILES string of the molecule is CC(C)(Cn1cc(N)c(C(N)=O)n1)C(=O)O. The zero-order valence-corrected chi connectivity index (χ0v) is 9.10. The molecule has 0 atom stereocenters. The minimum absolute atomic E-state index is 0.0406. The van der Waals surface area contributed by atoms with Crippen LogP contribution in [0.15, 0.2) is 6.20 Å². The number of aliphatic carboxylic acids is 1. The van der Waals surface area contributed by atoms with E-state index in [-0.39, 0.29) is 17.9 Å². The van der Waals surface area contributed by atoms with Crippen molar-refractivity contribution >= 4 is 17.6 Å². The predicted octanol–water partition coefficient (Wildman–Crippen LogP) is -0.325. The lowest BCUT2D eigenvalue weighted by Crippen LogP contribution is -2.29. The molecule has 0 radical (unpaired) electrons. The van der Waals surface area contributed by atoms with Gasteiger partial charge in [-0.05, 0) is 13.8 Å². The molecule has 0 aromatic carbocycles. The maximum absolute atomic E-state index is 10.9. The summed E-state index contributed by atoms with van der Waals surface area (Å²) in [6.07, 6.45) is 1.39. The maximum atomic E-state index is 10.9. The summed E-state index contributed by atoms with van der Waals surface area (Å²) >= 11 is 0. The molecule has 88 valence electrons. The van der Waals surface area contributed by atoms with Gasteiger partial charge in [-0.1, -0.05) is 0 Å². The van der Waals surface area contributed by atoms with Gasteiger partial charge in [-0.2, -0.15) is 5.10 Å². The molecule has 0 bridgehead atoms. The molecule has 0 aliphatic rings. The van der Waals surface area contributed by atoms with E-state index in [1.807, 2.05) is 0 Å². The molecule has 0 spiro atoms. The molecule has 0 saturated heterocycles. The highest BCUT2D eigenvalue weighted by Gasteiger charge is 2.28. The summed E-state index contributed by atoms with van der Waals surface area (Å²) in [6, 6.07) is 0. The fraction of sp³-hybridized carbons (Fsp3) is 0.444. The van der Waals surface area contributed by atoms with Gasteiger partial charge in [0.05, 0.1) is 17.6 Å². The third-order valence-electron chi connectivity index (χ3n) is 2.16. The standard InChI is InChI=1S/C9H14N4O3/c1-9(2,8(15)16)4-13-3-5(10)6(12-13)7(11)14/h3H,4,10H2,1-2H3,(H2,11,14)(H,15,16). The van der Waals surface area contributed by atoms with Gasteiger partial charge >= 0.3 is 5.97 Å². The van der Waals surface area contributed by atoms with E-state index in [1.54, 1.807) is 13.8 Å². The van der Waals surface area contributed by atoms with Gasteiger partial charge in [0.2, 0.25) is 0 Å². The number of primary amides is 1. The second kappa shape index (κ2) is 3.84. The number of nitrogen functional groups attached to an aromatic ring is 1. The number of aromatic nitrogens is 2. The largest absolute Gasteiger partial charge is 0.481 e. The second-order valence-electron chi connectivity index (χ2n) is 4.18. The number of carboxylic acid groups (broad SMARTS) is 1. The lowest BCUT2D eigenvalue weighted by atomic mass is 9.94. The Hall–Kier alpha value is -2.05. The van der Waals surface area contributed by atoms with Gasteiger partial charge in [0.15, 0.2) is 5.69 Å². The van der Waals surface area contributed by atoms with Crippen LogP contribution in [0.3, 0.4) is 0 Å². The number of rotatable bonds is 4. The number of anilines is 1. The van der Waals surface area contributed by atoms with Crippen LogP contribution in [0, 0.1) is 5.41 Å². The first-order valence-electron chi connectivity index (χ1n) is 4.60. The number of carboxylic acids is 1.